The van der Waals surface area contributed by atoms with Crippen molar-refractivity contribution in [2.75, 3.05) is 38.5 Å². The first-order valence-corrected chi connectivity index (χ1v) is 9.02. The van der Waals surface area contributed by atoms with E-state index in [-0.39, 0.29) is 5.91 Å². The molecule has 128 valence electrons. The Morgan fingerprint density at radius 3 is 2.83 bits per heavy atom. The molecule has 1 amide bonds. The molecule has 2 fully saturated rings. The van der Waals surface area contributed by atoms with Crippen molar-refractivity contribution in [2.45, 2.75) is 25.3 Å². The van der Waals surface area contributed by atoms with E-state index in [4.69, 9.17) is 4.52 Å². The van der Waals surface area contributed by atoms with Crippen LogP contribution in [0.25, 0.3) is 0 Å². The van der Waals surface area contributed by atoms with Gasteiger partial charge in [0, 0.05) is 39.1 Å². The van der Waals surface area contributed by atoms with Crippen molar-refractivity contribution < 1.29 is 9.32 Å². The average Bonchev–Trinajstić information content (AvgIpc) is 3.17. The molecule has 1 aliphatic heterocycles. The Morgan fingerprint density at radius 2 is 2.17 bits per heavy atom. The van der Waals surface area contributed by atoms with Crippen LogP contribution in [0.15, 0.2) is 10.7 Å². The summed E-state index contributed by atoms with van der Waals surface area (Å²) in [6.07, 6.45) is 3.97. The number of rotatable bonds is 5. The predicted molar refractivity (Wildman–Crippen MR) is 89.1 cm³/mol. The SMILES string of the molecule is CNc1ncc(C(=O)N2CCN(Cc3noc(C4CC4)n3)CC2)s1. The third-order valence-corrected chi connectivity index (χ3v) is 5.37. The van der Waals surface area contributed by atoms with Crippen LogP contribution in [0.5, 0.6) is 0 Å². The highest BCUT2D eigenvalue weighted by Crippen LogP contribution is 2.38. The molecule has 3 heterocycles. The van der Waals surface area contributed by atoms with Crippen LogP contribution in [0.3, 0.4) is 0 Å². The lowest BCUT2D eigenvalue weighted by molar-refractivity contribution is 0.0629. The van der Waals surface area contributed by atoms with Gasteiger partial charge in [0.1, 0.15) is 4.88 Å². The summed E-state index contributed by atoms with van der Waals surface area (Å²) in [5.74, 6) is 2.08. The van der Waals surface area contributed by atoms with Crippen molar-refractivity contribution >= 4 is 22.4 Å². The van der Waals surface area contributed by atoms with Crippen molar-refractivity contribution in [2.24, 2.45) is 0 Å². The minimum Gasteiger partial charge on any atom is -0.365 e. The van der Waals surface area contributed by atoms with Crippen molar-refractivity contribution in [3.05, 3.63) is 22.8 Å². The van der Waals surface area contributed by atoms with Crippen molar-refractivity contribution in [3.63, 3.8) is 0 Å². The van der Waals surface area contributed by atoms with E-state index in [9.17, 15) is 4.79 Å². The van der Waals surface area contributed by atoms with Crippen LogP contribution in [-0.2, 0) is 6.54 Å². The fraction of sp³-hybridized carbons (Fsp3) is 0.600. The number of piperazine rings is 1. The first-order valence-electron chi connectivity index (χ1n) is 8.20. The summed E-state index contributed by atoms with van der Waals surface area (Å²) < 4.78 is 5.30. The first kappa shape index (κ1) is 15.5. The quantitative estimate of drug-likeness (QED) is 0.874. The Bertz CT molecular complexity index is 717. The molecule has 0 spiro atoms. The van der Waals surface area contributed by atoms with E-state index >= 15 is 0 Å². The first-order chi connectivity index (χ1) is 11.7. The van der Waals surface area contributed by atoms with E-state index in [1.54, 1.807) is 13.2 Å². The van der Waals surface area contributed by atoms with E-state index in [0.29, 0.717) is 30.4 Å². The van der Waals surface area contributed by atoms with Crippen LogP contribution in [-0.4, -0.2) is 64.1 Å². The minimum atomic E-state index is 0.0595. The molecule has 1 saturated carbocycles. The second-order valence-electron chi connectivity index (χ2n) is 6.17. The summed E-state index contributed by atoms with van der Waals surface area (Å²) in [7, 11) is 1.80. The lowest BCUT2D eigenvalue weighted by atomic mass is 10.3. The largest absolute Gasteiger partial charge is 0.365 e. The third-order valence-electron chi connectivity index (χ3n) is 4.37. The van der Waals surface area contributed by atoms with Crippen LogP contribution in [0.1, 0.15) is 40.1 Å². The van der Waals surface area contributed by atoms with Crippen LogP contribution in [0.4, 0.5) is 5.13 Å². The number of nitrogens with one attached hydrogen (secondary N) is 1. The maximum atomic E-state index is 12.5. The van der Waals surface area contributed by atoms with Gasteiger partial charge in [-0.2, -0.15) is 4.98 Å². The summed E-state index contributed by atoms with van der Waals surface area (Å²) in [4.78, 5) is 25.9. The summed E-state index contributed by atoms with van der Waals surface area (Å²) in [6.45, 7) is 3.73. The van der Waals surface area contributed by atoms with Crippen molar-refractivity contribution in [1.29, 1.82) is 0 Å². The third kappa shape index (κ3) is 3.27. The molecule has 0 aromatic carbocycles. The molecule has 1 saturated heterocycles. The topological polar surface area (TPSA) is 87.4 Å². The summed E-state index contributed by atoms with van der Waals surface area (Å²) in [5, 5.41) is 7.79. The molecular formula is C15H20N6O2S. The molecule has 0 atom stereocenters. The Morgan fingerprint density at radius 1 is 1.38 bits per heavy atom. The minimum absolute atomic E-state index is 0.0595. The number of carbonyl (C=O) groups is 1. The van der Waals surface area contributed by atoms with Gasteiger partial charge in [0.15, 0.2) is 11.0 Å². The molecule has 0 unspecified atom stereocenters. The Labute approximate surface area is 143 Å². The van der Waals surface area contributed by atoms with E-state index < -0.39 is 0 Å². The fourth-order valence-electron chi connectivity index (χ4n) is 2.78. The van der Waals surface area contributed by atoms with Crippen LogP contribution < -0.4 is 5.32 Å². The predicted octanol–water partition coefficient (Wildman–Crippen LogP) is 1.40. The van der Waals surface area contributed by atoms with Crippen molar-refractivity contribution in [1.82, 2.24) is 24.9 Å². The van der Waals surface area contributed by atoms with Gasteiger partial charge >= 0.3 is 0 Å². The lowest BCUT2D eigenvalue weighted by Gasteiger charge is -2.33. The van der Waals surface area contributed by atoms with Crippen LogP contribution in [0.2, 0.25) is 0 Å². The van der Waals surface area contributed by atoms with Gasteiger partial charge in [0.2, 0.25) is 5.89 Å². The van der Waals surface area contributed by atoms with Crippen LogP contribution in [0, 0.1) is 0 Å². The van der Waals surface area contributed by atoms with Crippen LogP contribution >= 0.6 is 11.3 Å². The highest BCUT2D eigenvalue weighted by atomic mass is 32.1. The van der Waals surface area contributed by atoms with Gasteiger partial charge in [0.05, 0.1) is 12.7 Å². The molecule has 2 aromatic heterocycles. The molecule has 2 aliphatic rings. The number of nitrogens with zero attached hydrogens (tertiary/aromatic N) is 5. The zero-order chi connectivity index (χ0) is 16.5. The van der Waals surface area contributed by atoms with E-state index in [0.717, 1.165) is 42.8 Å². The molecule has 1 N–H and O–H groups in total. The number of amides is 1. The second-order valence-corrected chi connectivity index (χ2v) is 7.20. The molecule has 1 aliphatic carbocycles. The van der Waals surface area contributed by atoms with Gasteiger partial charge in [-0.15, -0.1) is 0 Å². The number of hydrogen-bond acceptors (Lipinski definition) is 8. The highest BCUT2D eigenvalue weighted by molar-refractivity contribution is 7.17. The van der Waals surface area contributed by atoms with Gasteiger partial charge in [0.25, 0.3) is 5.91 Å². The molecule has 2 aromatic rings. The lowest BCUT2D eigenvalue weighted by Crippen LogP contribution is -2.48. The van der Waals surface area contributed by atoms with Gasteiger partial charge < -0.3 is 14.7 Å². The molecule has 0 radical (unpaired) electrons. The van der Waals surface area contributed by atoms with Gasteiger partial charge in [-0.1, -0.05) is 16.5 Å². The molecule has 9 heteroatoms. The smallest absolute Gasteiger partial charge is 0.265 e. The molecule has 24 heavy (non-hydrogen) atoms. The highest BCUT2D eigenvalue weighted by Gasteiger charge is 2.30. The zero-order valence-electron chi connectivity index (χ0n) is 13.6. The molecule has 4 rings (SSSR count). The summed E-state index contributed by atoms with van der Waals surface area (Å²) >= 11 is 1.39. The fourth-order valence-corrected chi connectivity index (χ4v) is 3.52. The second kappa shape index (κ2) is 6.48. The summed E-state index contributed by atoms with van der Waals surface area (Å²) in [5.41, 5.74) is 0. The number of anilines is 1. The molecular weight excluding hydrogens is 328 g/mol. The van der Waals surface area contributed by atoms with E-state index in [1.807, 2.05) is 4.90 Å². The van der Waals surface area contributed by atoms with Gasteiger partial charge in [-0.3, -0.25) is 9.69 Å². The zero-order valence-corrected chi connectivity index (χ0v) is 14.4. The van der Waals surface area contributed by atoms with Gasteiger partial charge in [-0.05, 0) is 12.8 Å². The standard InChI is InChI=1S/C15H20N6O2S/c1-16-15-17-8-11(24-15)14(22)21-6-4-20(5-7-21)9-12-18-13(23-19-12)10-2-3-10/h8,10H,2-7,9H2,1H3,(H,16,17). The Balaban J connectivity index is 1.30. The molecule has 0 bridgehead atoms. The maximum absolute atomic E-state index is 12.5. The summed E-state index contributed by atoms with van der Waals surface area (Å²) in [6, 6.07) is 0. The normalized spacial score (nSPS) is 18.8. The number of hydrogen-bond donors (Lipinski definition) is 1. The number of aromatic nitrogens is 3. The van der Waals surface area contributed by atoms with E-state index in [1.165, 1.54) is 11.3 Å². The molecule has 8 nitrogen and oxygen atoms in total. The van der Waals surface area contributed by atoms with Crippen molar-refractivity contribution in [3.8, 4) is 0 Å². The monoisotopic (exact) mass is 348 g/mol. The maximum Gasteiger partial charge on any atom is 0.265 e. The average molecular weight is 348 g/mol. The Hall–Kier alpha value is -2.00. The van der Waals surface area contributed by atoms with E-state index in [2.05, 4.69) is 25.3 Å². The number of thiazole rings is 1. The number of carbonyl (C=O) groups excluding carboxylic acids is 1. The Kier molecular flexibility index (Phi) is 4.19. The van der Waals surface area contributed by atoms with Gasteiger partial charge in [-0.25, -0.2) is 4.98 Å².